The Labute approximate surface area is 759 Å². The summed E-state index contributed by atoms with van der Waals surface area (Å²) in [5.74, 6) is 5.02. The number of amides is 8. The van der Waals surface area contributed by atoms with Crippen LogP contribution < -0.4 is 16.0 Å². The lowest BCUT2D eigenvalue weighted by atomic mass is 9.54. The van der Waals surface area contributed by atoms with Crippen LogP contribution in [0.15, 0.2) is 40.8 Å². The standard InChI is InChI=1S/C11H21NO.C10H20N2O.C10H19NO.C9H17NO2.C9H17NO.C9H19NO.C7H12N2.C7H11NO.C7H15NO.C7H11NS.C6H13NO.C5H12.2CH4/c1-9-5-7-12(8-6-9)10(13)11(2,3)4;1-10(2,3)9(13)12-7-5-11(4)6-8-12;1-9(2,3)10(6-5-7-10)8(12)11-4;1-9(2,3)8(11)10-4-6-12-7-5-10;1-7-5-10(6-7)8(11)9(2,3)4;1-8(2,3)9(4,5)7(11)10-6;2*1-7(2,3)6-8-4-5-9-6;1-7(2,3)6(9)8(4)5;1-7(2,3)6-8-4-5-9-6;1-6(2,3)5(8)7-4;1-5(2,3)4;;/h9H,5-8H2,1-4H3;5-8H2,1-4H3;5-7H2,1-4H3,(H,11,12);4-7H2,1-3H3;7H,5-6H2,1-4H3;1-6H3,(H,10,11);4-5H,1-3H3,(H,8,9);4-5H,1-3H3;1-5H3;4-5H,1-3H3;1-4H3,(H,7,8);1-4H3;2*1H4. The third-order valence-electron chi connectivity index (χ3n) is 20.4. The number of oxazole rings is 1. The molecule has 1 aliphatic carbocycles. The molecule has 0 spiro atoms. The van der Waals surface area contributed by atoms with Crippen LogP contribution in [-0.2, 0) is 59.3 Å². The summed E-state index contributed by atoms with van der Waals surface area (Å²) in [7, 11) is 10.7. The summed E-state index contributed by atoms with van der Waals surface area (Å²) in [5, 5.41) is 11.2. The predicted molar refractivity (Wildman–Crippen MR) is 521 cm³/mol. The molecule has 3 aromatic rings. The third-order valence-corrected chi connectivity index (χ3v) is 21.6. The van der Waals surface area contributed by atoms with Crippen molar-refractivity contribution in [2.45, 2.75) is 347 Å². The van der Waals surface area contributed by atoms with Gasteiger partial charge in [0.05, 0.1) is 29.8 Å². The second-order valence-electron chi connectivity index (χ2n) is 46.6. The Morgan fingerprint density at radius 3 is 1.05 bits per heavy atom. The van der Waals surface area contributed by atoms with Gasteiger partial charge in [0.1, 0.15) is 12.1 Å². The van der Waals surface area contributed by atoms with Gasteiger partial charge in [-0.25, -0.2) is 15.0 Å². The van der Waals surface area contributed by atoms with Crippen molar-refractivity contribution in [1.29, 1.82) is 0 Å². The van der Waals surface area contributed by atoms with Crippen molar-refractivity contribution < 1.29 is 47.5 Å². The summed E-state index contributed by atoms with van der Waals surface area (Å²) in [4.78, 5) is 119. The van der Waals surface area contributed by atoms with E-state index >= 15 is 0 Å². The molecule has 5 fully saturated rings. The number of aromatic nitrogens is 4. The van der Waals surface area contributed by atoms with Gasteiger partial charge in [-0.05, 0) is 60.8 Å². The Morgan fingerprint density at radius 2 is 0.854 bits per heavy atom. The van der Waals surface area contributed by atoms with Crippen LogP contribution >= 0.6 is 11.3 Å². The summed E-state index contributed by atoms with van der Waals surface area (Å²) >= 11 is 1.72. The van der Waals surface area contributed by atoms with Crippen molar-refractivity contribution in [2.75, 3.05) is 121 Å². The van der Waals surface area contributed by atoms with E-state index < -0.39 is 0 Å². The Balaban J connectivity index is -0.000000305. The Morgan fingerprint density at radius 1 is 0.463 bits per heavy atom. The largest absolute Gasteiger partial charge is 0.448 e. The molecule has 1 saturated carbocycles. The second-order valence-corrected chi connectivity index (χ2v) is 47.5. The molecule has 4 saturated heterocycles. The van der Waals surface area contributed by atoms with Crippen LogP contribution in [0, 0.1) is 71.4 Å². The molecule has 4 N–H and O–H groups in total. The first-order valence-corrected chi connectivity index (χ1v) is 45.1. The highest BCUT2D eigenvalue weighted by Gasteiger charge is 2.52. The van der Waals surface area contributed by atoms with E-state index in [9.17, 15) is 38.4 Å². The highest BCUT2D eigenvalue weighted by Crippen LogP contribution is 2.54. The molecule has 0 bridgehead atoms. The third kappa shape index (κ3) is 52.6. The van der Waals surface area contributed by atoms with Gasteiger partial charge in [0.25, 0.3) is 0 Å². The molecule has 123 heavy (non-hydrogen) atoms. The van der Waals surface area contributed by atoms with Crippen LogP contribution in [0.5, 0.6) is 0 Å². The van der Waals surface area contributed by atoms with Gasteiger partial charge in [0.15, 0.2) is 5.89 Å². The number of morpholine rings is 1. The van der Waals surface area contributed by atoms with Gasteiger partial charge in [-0.15, -0.1) is 11.3 Å². The molecule has 5 aliphatic rings. The highest BCUT2D eigenvalue weighted by atomic mass is 32.1. The lowest BCUT2D eigenvalue weighted by Gasteiger charge is -2.49. The SMILES string of the molecule is C.C.CC(C)(C)C.CC(C)(C)C(=O)N1CCOCC1.CC(C)(C)c1ncc[nH]1.CC(C)(C)c1ncco1.CC(C)(C)c1nccs1.CC1CCN(C(=O)C(C)(C)C)CC1.CC1CN(C(=O)C(C)(C)C)C1.CN(C)C(=O)C(C)(C)C.CN1CCN(C(=O)C(C)(C)C)CC1.CNC(=O)C(C)(C)C.CNC(=O)C(C)(C)C(C)(C)C.CNC(=O)C1(C(C)(C)C)CCC1. The van der Waals surface area contributed by atoms with Gasteiger partial charge in [-0.2, -0.15) is 0 Å². The minimum Gasteiger partial charge on any atom is -0.448 e. The van der Waals surface area contributed by atoms with E-state index in [0.29, 0.717) is 30.5 Å². The smallest absolute Gasteiger partial charge is 0.228 e. The van der Waals surface area contributed by atoms with Crippen LogP contribution in [0.4, 0.5) is 0 Å². The molecule has 0 atom stereocenters. The van der Waals surface area contributed by atoms with Crippen molar-refractivity contribution in [2.24, 2.45) is 71.4 Å². The maximum atomic E-state index is 11.9. The number of hydrogen-bond donors (Lipinski definition) is 4. The lowest BCUT2D eigenvalue weighted by Crippen LogP contribution is -2.52. The molecular weight excluding hydrogens is 1560 g/mol. The van der Waals surface area contributed by atoms with E-state index in [2.05, 4.69) is 193 Å². The molecule has 8 rings (SSSR count). The number of nitrogens with one attached hydrogen (secondary N) is 4. The Bertz CT molecular complexity index is 3220. The highest BCUT2D eigenvalue weighted by molar-refractivity contribution is 7.09. The first-order chi connectivity index (χ1) is 54.1. The number of H-pyrrole nitrogens is 1. The minimum atomic E-state index is -0.304. The van der Waals surface area contributed by atoms with E-state index in [-0.39, 0.29) is 127 Å². The van der Waals surface area contributed by atoms with Crippen molar-refractivity contribution in [3.05, 3.63) is 53.2 Å². The lowest BCUT2D eigenvalue weighted by molar-refractivity contribution is -0.146. The van der Waals surface area contributed by atoms with Gasteiger partial charge in [0.2, 0.25) is 47.3 Å². The number of carbonyl (C=O) groups is 8. The first kappa shape index (κ1) is 128. The molecular formula is C99H195N13O10S. The molecule has 24 heteroatoms. The van der Waals surface area contributed by atoms with Gasteiger partial charge in [0, 0.05) is 179 Å². The summed E-state index contributed by atoms with van der Waals surface area (Å²) in [5.41, 5.74) is -0.699. The zero-order valence-electron chi connectivity index (χ0n) is 86.7. The van der Waals surface area contributed by atoms with Crippen molar-refractivity contribution in [3.8, 4) is 0 Å². The Hall–Kier alpha value is -6.27. The number of imidazole rings is 1. The van der Waals surface area contributed by atoms with Gasteiger partial charge >= 0.3 is 0 Å². The number of hydrogen-bond acceptors (Lipinski definition) is 15. The number of aromatic amines is 1. The van der Waals surface area contributed by atoms with E-state index in [4.69, 9.17) is 9.15 Å². The van der Waals surface area contributed by atoms with Gasteiger partial charge in [-0.1, -0.05) is 305 Å². The summed E-state index contributed by atoms with van der Waals surface area (Å²) in [6.45, 7) is 94.4. The topological polar surface area (TPSA) is 269 Å². The maximum Gasteiger partial charge on any atom is 0.228 e. The van der Waals surface area contributed by atoms with Crippen molar-refractivity contribution in [3.63, 3.8) is 0 Å². The average Bonchev–Trinajstić information content (AvgIpc) is 1.13. The van der Waals surface area contributed by atoms with Crippen LogP contribution in [0.2, 0.25) is 0 Å². The number of piperidine rings is 1. The zero-order valence-corrected chi connectivity index (χ0v) is 87.5. The fourth-order valence-corrected chi connectivity index (χ4v) is 12.1. The number of carbonyl (C=O) groups excluding carboxylic acids is 8. The number of nitrogens with zero attached hydrogens (tertiary/aromatic N) is 9. The fraction of sp³-hybridized carbons (Fsp3) is 0.828. The molecule has 4 aliphatic heterocycles. The number of rotatable bonds is 2. The second kappa shape index (κ2) is 54.1. The van der Waals surface area contributed by atoms with E-state index in [0.717, 1.165) is 95.9 Å². The Kier molecular flexibility index (Phi) is 56.1. The molecule has 722 valence electrons. The van der Waals surface area contributed by atoms with Crippen LogP contribution in [0.3, 0.4) is 0 Å². The van der Waals surface area contributed by atoms with Crippen LogP contribution in [0.25, 0.3) is 0 Å². The molecule has 0 radical (unpaired) electrons. The molecule has 23 nitrogen and oxygen atoms in total. The number of likely N-dealkylation sites (N-methyl/N-ethyl adjacent to an activating group) is 1. The molecule has 7 heterocycles. The summed E-state index contributed by atoms with van der Waals surface area (Å²) < 4.78 is 10.3. The van der Waals surface area contributed by atoms with E-state index in [1.807, 2.05) is 176 Å². The molecule has 0 unspecified atom stereocenters. The van der Waals surface area contributed by atoms with Crippen molar-refractivity contribution >= 4 is 58.6 Å². The molecule has 8 amide bonds. The van der Waals surface area contributed by atoms with E-state index in [1.54, 1.807) is 70.1 Å². The summed E-state index contributed by atoms with van der Waals surface area (Å²) in [6.07, 6.45) is 14.4. The monoisotopic (exact) mass is 1760 g/mol. The number of ether oxygens (including phenoxy) is 1. The molecule has 0 aromatic carbocycles. The van der Waals surface area contributed by atoms with Gasteiger partial charge < -0.3 is 59.5 Å². The average molecular weight is 1760 g/mol. The first-order valence-electron chi connectivity index (χ1n) is 44.2. The summed E-state index contributed by atoms with van der Waals surface area (Å²) in [6, 6.07) is 0. The normalized spacial score (nSPS) is 15.9. The number of piperazine rings is 1. The minimum absolute atomic E-state index is 0. The van der Waals surface area contributed by atoms with Crippen LogP contribution in [-0.4, -0.2) is 218 Å². The van der Waals surface area contributed by atoms with Crippen LogP contribution in [0.1, 0.15) is 348 Å². The predicted octanol–water partition coefficient (Wildman–Crippen LogP) is 20.6. The quantitative estimate of drug-likeness (QED) is 0.186. The molecule has 3 aromatic heterocycles. The zero-order chi connectivity index (χ0) is 96.3. The number of likely N-dealkylation sites (tertiary alicyclic amines) is 2. The fourth-order valence-electron chi connectivity index (χ4n) is 11.4. The van der Waals surface area contributed by atoms with E-state index in [1.165, 1.54) is 24.3 Å². The number of thiazole rings is 1. The maximum absolute atomic E-state index is 11.9. The van der Waals surface area contributed by atoms with Crippen molar-refractivity contribution in [1.82, 2.24) is 65.3 Å². The van der Waals surface area contributed by atoms with Gasteiger partial charge in [-0.3, -0.25) is 38.4 Å².